The number of rotatable bonds is 6. The van der Waals surface area contributed by atoms with Crippen LogP contribution in [-0.4, -0.2) is 6.04 Å². The van der Waals surface area contributed by atoms with Gasteiger partial charge in [0.15, 0.2) is 0 Å². The van der Waals surface area contributed by atoms with E-state index in [2.05, 4.69) is 103 Å². The smallest absolute Gasteiger partial charge is 0.0514 e. The Hall–Kier alpha value is -2.54. The van der Waals surface area contributed by atoms with Crippen LogP contribution in [0.5, 0.6) is 0 Å². The minimum absolute atomic E-state index is 0.409. The van der Waals surface area contributed by atoms with Gasteiger partial charge in [0.05, 0.1) is 6.04 Å². The SMILES string of the molecule is CC/C=C/c1ccc(N(Cc2ccccc2)C2C=CC=CC2)cc1. The summed E-state index contributed by atoms with van der Waals surface area (Å²) in [4.78, 5) is 2.49. The van der Waals surface area contributed by atoms with Crippen LogP contribution in [0.4, 0.5) is 5.69 Å². The molecule has 2 aromatic carbocycles. The van der Waals surface area contributed by atoms with E-state index in [0.717, 1.165) is 19.4 Å². The van der Waals surface area contributed by atoms with Crippen LogP contribution in [0.2, 0.25) is 0 Å². The second-order valence-corrected chi connectivity index (χ2v) is 6.13. The Morgan fingerprint density at radius 3 is 2.46 bits per heavy atom. The first kappa shape index (κ1) is 16.3. The van der Waals surface area contributed by atoms with Gasteiger partial charge >= 0.3 is 0 Å². The van der Waals surface area contributed by atoms with Crippen LogP contribution in [0.3, 0.4) is 0 Å². The third-order valence-corrected chi connectivity index (χ3v) is 4.32. The minimum atomic E-state index is 0.409. The number of benzene rings is 2. The fraction of sp³-hybridized carbons (Fsp3) is 0.217. The van der Waals surface area contributed by atoms with Crippen LogP contribution in [0.15, 0.2) is 85.0 Å². The molecule has 0 aliphatic heterocycles. The van der Waals surface area contributed by atoms with Crippen molar-refractivity contribution in [3.05, 3.63) is 96.1 Å². The molecule has 0 N–H and O–H groups in total. The lowest BCUT2D eigenvalue weighted by atomic mass is 10.0. The molecule has 0 saturated heterocycles. The molecule has 3 rings (SSSR count). The van der Waals surface area contributed by atoms with Crippen LogP contribution < -0.4 is 4.90 Å². The number of nitrogens with zero attached hydrogens (tertiary/aromatic N) is 1. The minimum Gasteiger partial charge on any atom is -0.360 e. The van der Waals surface area contributed by atoms with Crippen molar-refractivity contribution >= 4 is 11.8 Å². The number of allylic oxidation sites excluding steroid dienone is 3. The van der Waals surface area contributed by atoms with Crippen molar-refractivity contribution in [1.82, 2.24) is 0 Å². The molecule has 24 heavy (non-hydrogen) atoms. The molecule has 0 aromatic heterocycles. The van der Waals surface area contributed by atoms with Gasteiger partial charge in [-0.15, -0.1) is 0 Å². The molecule has 0 radical (unpaired) electrons. The number of hydrogen-bond acceptors (Lipinski definition) is 1. The van der Waals surface area contributed by atoms with E-state index >= 15 is 0 Å². The number of anilines is 1. The molecule has 1 nitrogen and oxygen atoms in total. The van der Waals surface area contributed by atoms with Crippen molar-refractivity contribution in [3.8, 4) is 0 Å². The quantitative estimate of drug-likeness (QED) is 0.632. The first-order chi connectivity index (χ1) is 11.9. The standard InChI is InChI=1S/C23H25N/c1-2-3-10-20-15-17-23(18-16-20)24(22-13-8-5-9-14-22)19-21-11-6-4-7-12-21/h3-13,15-18,22H,2,14,19H2,1H3/b10-3+. The average Bonchev–Trinajstić information content (AvgIpc) is 2.66. The largest absolute Gasteiger partial charge is 0.360 e. The Kier molecular flexibility index (Phi) is 5.68. The number of hydrogen-bond donors (Lipinski definition) is 0. The van der Waals surface area contributed by atoms with Gasteiger partial charge in [0, 0.05) is 12.2 Å². The summed E-state index contributed by atoms with van der Waals surface area (Å²) >= 11 is 0. The molecule has 1 aliphatic rings. The highest BCUT2D eigenvalue weighted by atomic mass is 15.2. The summed E-state index contributed by atoms with van der Waals surface area (Å²) < 4.78 is 0. The van der Waals surface area contributed by atoms with Crippen molar-refractivity contribution < 1.29 is 0 Å². The lowest BCUT2D eigenvalue weighted by Crippen LogP contribution is -2.33. The lowest BCUT2D eigenvalue weighted by molar-refractivity contribution is 0.685. The highest BCUT2D eigenvalue weighted by Gasteiger charge is 2.17. The Bertz CT molecular complexity index is 707. The molecule has 122 valence electrons. The predicted molar refractivity (Wildman–Crippen MR) is 105 cm³/mol. The summed E-state index contributed by atoms with van der Waals surface area (Å²) in [5.41, 5.74) is 3.88. The van der Waals surface area contributed by atoms with Crippen LogP contribution in [0.1, 0.15) is 30.9 Å². The summed E-state index contributed by atoms with van der Waals surface area (Å²) in [7, 11) is 0. The van der Waals surface area contributed by atoms with Crippen molar-refractivity contribution in [2.24, 2.45) is 0 Å². The van der Waals surface area contributed by atoms with E-state index < -0.39 is 0 Å². The summed E-state index contributed by atoms with van der Waals surface area (Å²) in [5, 5.41) is 0. The molecule has 1 unspecified atom stereocenters. The zero-order chi connectivity index (χ0) is 16.6. The van der Waals surface area contributed by atoms with Gasteiger partial charge in [0.2, 0.25) is 0 Å². The van der Waals surface area contributed by atoms with E-state index in [1.807, 2.05) is 0 Å². The second-order valence-electron chi connectivity index (χ2n) is 6.13. The van der Waals surface area contributed by atoms with Crippen molar-refractivity contribution in [2.45, 2.75) is 32.4 Å². The molecular formula is C23H25N. The van der Waals surface area contributed by atoms with Crippen molar-refractivity contribution in [1.29, 1.82) is 0 Å². The highest BCUT2D eigenvalue weighted by molar-refractivity contribution is 5.57. The fourth-order valence-corrected chi connectivity index (χ4v) is 3.01. The zero-order valence-electron chi connectivity index (χ0n) is 14.3. The first-order valence-electron chi connectivity index (χ1n) is 8.77. The normalized spacial score (nSPS) is 16.6. The Morgan fingerprint density at radius 2 is 1.79 bits per heavy atom. The van der Waals surface area contributed by atoms with E-state index in [4.69, 9.17) is 0 Å². The maximum Gasteiger partial charge on any atom is 0.0514 e. The van der Waals surface area contributed by atoms with Gasteiger partial charge in [-0.1, -0.05) is 85.8 Å². The molecule has 0 amide bonds. The Balaban J connectivity index is 1.84. The van der Waals surface area contributed by atoms with E-state index in [1.54, 1.807) is 0 Å². The van der Waals surface area contributed by atoms with Gasteiger partial charge in [0.1, 0.15) is 0 Å². The van der Waals surface area contributed by atoms with Crippen LogP contribution >= 0.6 is 0 Å². The fourth-order valence-electron chi connectivity index (χ4n) is 3.01. The summed E-state index contributed by atoms with van der Waals surface area (Å²) in [6, 6.07) is 20.0. The molecule has 2 aromatic rings. The molecular weight excluding hydrogens is 290 g/mol. The van der Waals surface area contributed by atoms with Crippen LogP contribution in [0, 0.1) is 0 Å². The van der Waals surface area contributed by atoms with Crippen LogP contribution in [0.25, 0.3) is 6.08 Å². The van der Waals surface area contributed by atoms with Gasteiger partial charge in [0.25, 0.3) is 0 Å². The molecule has 1 atom stereocenters. The third kappa shape index (κ3) is 4.26. The zero-order valence-corrected chi connectivity index (χ0v) is 14.3. The van der Waals surface area contributed by atoms with E-state index in [-0.39, 0.29) is 0 Å². The summed E-state index contributed by atoms with van der Waals surface area (Å²) in [5.74, 6) is 0. The summed E-state index contributed by atoms with van der Waals surface area (Å²) in [6.45, 7) is 3.09. The van der Waals surface area contributed by atoms with Gasteiger partial charge in [-0.2, -0.15) is 0 Å². The topological polar surface area (TPSA) is 3.24 Å². The second kappa shape index (κ2) is 8.35. The predicted octanol–water partition coefficient (Wildman–Crippen LogP) is 6.00. The van der Waals surface area contributed by atoms with Crippen molar-refractivity contribution in [2.75, 3.05) is 4.90 Å². The average molecular weight is 315 g/mol. The Labute approximate surface area is 145 Å². The summed E-state index contributed by atoms with van der Waals surface area (Å²) in [6.07, 6.45) is 15.4. The highest BCUT2D eigenvalue weighted by Crippen LogP contribution is 2.25. The van der Waals surface area contributed by atoms with Gasteiger partial charge < -0.3 is 4.90 Å². The van der Waals surface area contributed by atoms with Crippen LogP contribution in [-0.2, 0) is 6.54 Å². The van der Waals surface area contributed by atoms with Gasteiger partial charge in [-0.05, 0) is 36.1 Å². The monoisotopic (exact) mass is 315 g/mol. The maximum absolute atomic E-state index is 2.49. The molecule has 0 bridgehead atoms. The van der Waals surface area contributed by atoms with Crippen molar-refractivity contribution in [3.63, 3.8) is 0 Å². The third-order valence-electron chi connectivity index (χ3n) is 4.32. The maximum atomic E-state index is 2.49. The van der Waals surface area contributed by atoms with Gasteiger partial charge in [-0.3, -0.25) is 0 Å². The molecule has 0 saturated carbocycles. The van der Waals surface area contributed by atoms with E-state index in [1.165, 1.54) is 16.8 Å². The Morgan fingerprint density at radius 1 is 1.00 bits per heavy atom. The van der Waals surface area contributed by atoms with Gasteiger partial charge in [-0.25, -0.2) is 0 Å². The molecule has 0 fully saturated rings. The van der Waals surface area contributed by atoms with E-state index in [9.17, 15) is 0 Å². The lowest BCUT2D eigenvalue weighted by Gasteiger charge is -2.32. The molecule has 1 aliphatic carbocycles. The van der Waals surface area contributed by atoms with E-state index in [0.29, 0.717) is 6.04 Å². The molecule has 0 heterocycles. The molecule has 0 spiro atoms. The first-order valence-corrected chi connectivity index (χ1v) is 8.77. The molecule has 1 heteroatoms.